The Bertz CT molecular complexity index is 297. The van der Waals surface area contributed by atoms with E-state index in [9.17, 15) is 8.78 Å². The Morgan fingerprint density at radius 1 is 1.33 bits per heavy atom. The highest BCUT2D eigenvalue weighted by Crippen LogP contribution is 2.26. The van der Waals surface area contributed by atoms with Gasteiger partial charge in [0.1, 0.15) is 5.75 Å². The van der Waals surface area contributed by atoms with Gasteiger partial charge in [-0.3, -0.25) is 0 Å². The third-order valence-electron chi connectivity index (χ3n) is 1.97. The van der Waals surface area contributed by atoms with E-state index in [1.54, 1.807) is 18.2 Å². The van der Waals surface area contributed by atoms with E-state index in [-0.39, 0.29) is 24.2 Å². The normalized spacial score (nSPS) is 12.1. The van der Waals surface area contributed by atoms with Crippen LogP contribution in [0.2, 0.25) is 0 Å². The van der Waals surface area contributed by atoms with Gasteiger partial charge in [0.25, 0.3) is 0 Å². The number of benzene rings is 1. The van der Waals surface area contributed by atoms with Crippen LogP contribution in [-0.4, -0.2) is 6.61 Å². The monoisotopic (exact) mass is 237 g/mol. The van der Waals surface area contributed by atoms with E-state index in [4.69, 9.17) is 5.73 Å². The molecule has 0 aliphatic heterocycles. The Balaban J connectivity index is 0.00000196. The van der Waals surface area contributed by atoms with Gasteiger partial charge in [-0.2, -0.15) is 8.78 Å². The molecule has 0 aliphatic rings. The number of ether oxygens (including phenoxy) is 1. The molecule has 2 nitrogen and oxygen atoms in total. The highest BCUT2D eigenvalue weighted by atomic mass is 35.5. The fraction of sp³-hybridized carbons (Fsp3) is 0.400. The molecule has 0 heterocycles. The zero-order valence-corrected chi connectivity index (χ0v) is 9.14. The van der Waals surface area contributed by atoms with Crippen LogP contribution < -0.4 is 10.5 Å². The highest BCUT2D eigenvalue weighted by molar-refractivity contribution is 5.85. The fourth-order valence-electron chi connectivity index (χ4n) is 1.21. The van der Waals surface area contributed by atoms with Crippen LogP contribution in [0.15, 0.2) is 24.3 Å². The summed E-state index contributed by atoms with van der Waals surface area (Å²) in [6, 6.07) is 6.33. The summed E-state index contributed by atoms with van der Waals surface area (Å²) in [5, 5.41) is 0. The predicted molar refractivity (Wildman–Crippen MR) is 57.5 cm³/mol. The van der Waals surface area contributed by atoms with Crippen LogP contribution >= 0.6 is 12.4 Å². The van der Waals surface area contributed by atoms with Crippen molar-refractivity contribution in [3.63, 3.8) is 0 Å². The molecular weight excluding hydrogens is 224 g/mol. The van der Waals surface area contributed by atoms with E-state index in [0.717, 1.165) is 0 Å². The van der Waals surface area contributed by atoms with Gasteiger partial charge in [0, 0.05) is 11.6 Å². The molecule has 0 aliphatic carbocycles. The smallest absolute Gasteiger partial charge is 0.387 e. The van der Waals surface area contributed by atoms with Gasteiger partial charge in [-0.25, -0.2) is 0 Å². The Hall–Kier alpha value is -0.870. The fourth-order valence-corrected chi connectivity index (χ4v) is 1.21. The number of hydrogen-bond acceptors (Lipinski definition) is 2. The van der Waals surface area contributed by atoms with Gasteiger partial charge >= 0.3 is 6.61 Å². The van der Waals surface area contributed by atoms with E-state index >= 15 is 0 Å². The molecule has 1 aromatic rings. The number of para-hydroxylation sites is 1. The van der Waals surface area contributed by atoms with Crippen molar-refractivity contribution in [3.8, 4) is 5.75 Å². The molecule has 0 saturated carbocycles. The molecule has 2 N–H and O–H groups in total. The van der Waals surface area contributed by atoms with Crippen molar-refractivity contribution in [2.75, 3.05) is 0 Å². The Kier molecular flexibility index (Phi) is 6.20. The molecule has 0 spiro atoms. The van der Waals surface area contributed by atoms with E-state index < -0.39 is 6.61 Å². The third-order valence-corrected chi connectivity index (χ3v) is 1.97. The van der Waals surface area contributed by atoms with E-state index in [1.807, 2.05) is 6.92 Å². The number of rotatable bonds is 4. The molecular formula is C10H14ClF2NO. The summed E-state index contributed by atoms with van der Waals surface area (Å²) in [4.78, 5) is 0. The van der Waals surface area contributed by atoms with Gasteiger partial charge in [0.2, 0.25) is 0 Å². The van der Waals surface area contributed by atoms with Gasteiger partial charge in [-0.15, -0.1) is 12.4 Å². The van der Waals surface area contributed by atoms with Crippen LogP contribution in [0, 0.1) is 0 Å². The lowest BCUT2D eigenvalue weighted by Gasteiger charge is -2.14. The maximum Gasteiger partial charge on any atom is 0.387 e. The van der Waals surface area contributed by atoms with E-state index in [1.165, 1.54) is 6.07 Å². The maximum atomic E-state index is 12.0. The van der Waals surface area contributed by atoms with Crippen LogP contribution in [0.5, 0.6) is 5.75 Å². The molecule has 15 heavy (non-hydrogen) atoms. The number of halogens is 3. The first kappa shape index (κ1) is 14.1. The lowest BCUT2D eigenvalue weighted by molar-refractivity contribution is -0.0506. The van der Waals surface area contributed by atoms with Gasteiger partial charge in [-0.1, -0.05) is 25.1 Å². The summed E-state index contributed by atoms with van der Waals surface area (Å²) in [5.74, 6) is 0.164. The third kappa shape index (κ3) is 4.01. The largest absolute Gasteiger partial charge is 0.434 e. The Morgan fingerprint density at radius 2 is 1.93 bits per heavy atom. The van der Waals surface area contributed by atoms with Crippen LogP contribution in [0.25, 0.3) is 0 Å². The molecule has 1 rings (SSSR count). The Morgan fingerprint density at radius 3 is 2.47 bits per heavy atom. The second-order valence-corrected chi connectivity index (χ2v) is 2.93. The first-order valence-corrected chi connectivity index (χ1v) is 4.44. The minimum atomic E-state index is -2.81. The van der Waals surface area contributed by atoms with Crippen molar-refractivity contribution in [1.82, 2.24) is 0 Å². The number of alkyl halides is 2. The van der Waals surface area contributed by atoms with Gasteiger partial charge in [0.15, 0.2) is 0 Å². The van der Waals surface area contributed by atoms with E-state index in [2.05, 4.69) is 4.74 Å². The standard InChI is InChI=1S/C10H13F2NO.ClH/c1-2-8(13)7-5-3-4-6-9(7)14-10(11)12;/h3-6,8,10H,2,13H2,1H3;1H. The second-order valence-electron chi connectivity index (χ2n) is 2.93. The average Bonchev–Trinajstić information content (AvgIpc) is 2.16. The topological polar surface area (TPSA) is 35.2 Å². The average molecular weight is 238 g/mol. The van der Waals surface area contributed by atoms with Gasteiger partial charge in [-0.05, 0) is 12.5 Å². The zero-order chi connectivity index (χ0) is 10.6. The van der Waals surface area contributed by atoms with Crippen molar-refractivity contribution < 1.29 is 13.5 Å². The summed E-state index contributed by atoms with van der Waals surface area (Å²) in [5.41, 5.74) is 6.37. The van der Waals surface area contributed by atoms with Crippen LogP contribution in [0.4, 0.5) is 8.78 Å². The molecule has 1 unspecified atom stereocenters. The molecule has 0 radical (unpaired) electrons. The first-order chi connectivity index (χ1) is 6.65. The van der Waals surface area contributed by atoms with Crippen molar-refractivity contribution in [3.05, 3.63) is 29.8 Å². The van der Waals surface area contributed by atoms with Crippen LogP contribution in [0.1, 0.15) is 24.9 Å². The summed E-state index contributed by atoms with van der Waals surface area (Å²) in [6.45, 7) is -0.913. The van der Waals surface area contributed by atoms with Crippen LogP contribution in [-0.2, 0) is 0 Å². The van der Waals surface area contributed by atoms with Crippen molar-refractivity contribution in [2.45, 2.75) is 26.0 Å². The zero-order valence-electron chi connectivity index (χ0n) is 8.32. The molecule has 0 bridgehead atoms. The van der Waals surface area contributed by atoms with Crippen molar-refractivity contribution >= 4 is 12.4 Å². The quantitative estimate of drug-likeness (QED) is 0.873. The highest BCUT2D eigenvalue weighted by Gasteiger charge is 2.12. The van der Waals surface area contributed by atoms with Gasteiger partial charge < -0.3 is 10.5 Å². The molecule has 86 valence electrons. The maximum absolute atomic E-state index is 12.0. The van der Waals surface area contributed by atoms with Crippen molar-refractivity contribution in [2.24, 2.45) is 5.73 Å². The molecule has 5 heteroatoms. The molecule has 1 aromatic carbocycles. The van der Waals surface area contributed by atoms with Crippen LogP contribution in [0.3, 0.4) is 0 Å². The molecule has 1 atom stereocenters. The number of nitrogens with two attached hydrogens (primary N) is 1. The van der Waals surface area contributed by atoms with Gasteiger partial charge in [0.05, 0.1) is 0 Å². The lowest BCUT2D eigenvalue weighted by Crippen LogP contribution is -2.12. The minimum Gasteiger partial charge on any atom is -0.434 e. The Labute approximate surface area is 93.8 Å². The molecule has 0 amide bonds. The predicted octanol–water partition coefficient (Wildman–Crippen LogP) is 3.12. The minimum absolute atomic E-state index is 0. The van der Waals surface area contributed by atoms with Crippen molar-refractivity contribution in [1.29, 1.82) is 0 Å². The SMILES string of the molecule is CCC(N)c1ccccc1OC(F)F.Cl. The summed E-state index contributed by atoms with van der Waals surface area (Å²) in [6.07, 6.45) is 0.684. The lowest BCUT2D eigenvalue weighted by atomic mass is 10.0. The summed E-state index contributed by atoms with van der Waals surface area (Å²) < 4.78 is 28.4. The molecule has 0 fully saturated rings. The summed E-state index contributed by atoms with van der Waals surface area (Å²) in [7, 11) is 0. The first-order valence-electron chi connectivity index (χ1n) is 4.44. The van der Waals surface area contributed by atoms with E-state index in [0.29, 0.717) is 12.0 Å². The molecule has 0 saturated heterocycles. The second kappa shape index (κ2) is 6.58. The summed E-state index contributed by atoms with van der Waals surface area (Å²) >= 11 is 0. The molecule has 0 aromatic heterocycles. The number of hydrogen-bond donors (Lipinski definition) is 1.